The number of piperidine rings is 2. The molecule has 0 radical (unpaired) electrons. The number of ether oxygens (including phenoxy) is 2. The first-order valence-electron chi connectivity index (χ1n) is 24.4. The number of pyridine rings is 2. The van der Waals surface area contributed by atoms with Crippen molar-refractivity contribution in [3.05, 3.63) is 95.6 Å². The number of sulfonamides is 2. The van der Waals surface area contributed by atoms with E-state index in [9.17, 15) is 26.4 Å². The number of aliphatic carboxylic acids is 1. The molecule has 4 aromatic rings. The van der Waals surface area contributed by atoms with Crippen LogP contribution in [0.5, 0.6) is 11.5 Å². The van der Waals surface area contributed by atoms with E-state index in [4.69, 9.17) is 14.6 Å². The van der Waals surface area contributed by atoms with E-state index < -0.39 is 26.0 Å². The van der Waals surface area contributed by atoms with Crippen molar-refractivity contribution in [1.82, 2.24) is 28.8 Å². The lowest BCUT2D eigenvalue weighted by atomic mass is 9.93. The number of aryl methyl sites for hydroxylation is 4. The number of hydrogen-bond acceptors (Lipinski definition) is 13. The zero-order valence-electron chi connectivity index (χ0n) is 44.0. The molecule has 0 spiro atoms. The van der Waals surface area contributed by atoms with E-state index in [0.29, 0.717) is 46.2 Å². The Balaban J connectivity index is 0.000000312. The Morgan fingerprint density at radius 3 is 1.35 bits per heavy atom. The Morgan fingerprint density at radius 1 is 0.639 bits per heavy atom. The first-order chi connectivity index (χ1) is 33.7. The lowest BCUT2D eigenvalue weighted by Gasteiger charge is -2.34. The number of hydrogen-bond donors (Lipinski definition) is 2. The summed E-state index contributed by atoms with van der Waals surface area (Å²) in [6, 6.07) is 15.0. The third kappa shape index (κ3) is 17.9. The van der Waals surface area contributed by atoms with Crippen LogP contribution in [0.4, 0.5) is 11.4 Å². The maximum atomic E-state index is 13.2. The fraction of sp³-hybridized carbons (Fsp3) is 0.538. The van der Waals surface area contributed by atoms with Gasteiger partial charge in [-0.25, -0.2) is 25.4 Å². The summed E-state index contributed by atoms with van der Waals surface area (Å²) in [5.74, 6) is 1.64. The lowest BCUT2D eigenvalue weighted by Crippen LogP contribution is -2.37. The first kappa shape index (κ1) is 61.3. The predicted molar refractivity (Wildman–Crippen MR) is 288 cm³/mol. The van der Waals surface area contributed by atoms with Gasteiger partial charge in [0, 0.05) is 110 Å². The van der Waals surface area contributed by atoms with Crippen molar-refractivity contribution in [1.29, 1.82) is 0 Å². The number of amides is 1. The number of anilines is 2. The third-order valence-corrected chi connectivity index (χ3v) is 17.7. The summed E-state index contributed by atoms with van der Waals surface area (Å²) in [5.41, 5.74) is 4.94. The quantitative estimate of drug-likeness (QED) is 0.0901. The van der Waals surface area contributed by atoms with E-state index in [-0.39, 0.29) is 54.0 Å². The highest BCUT2D eigenvalue weighted by molar-refractivity contribution is 7.89. The topological polar surface area (TPSA) is 195 Å². The Kier molecular flexibility index (Phi) is 25.2. The largest absolute Gasteiger partial charge is 0.497 e. The monoisotopic (exact) mass is 1060 g/mol. The van der Waals surface area contributed by atoms with E-state index in [1.54, 1.807) is 71.0 Å². The number of nitrogens with one attached hydrogen (secondary N) is 1. The second-order valence-corrected chi connectivity index (χ2v) is 22.5. The molecule has 4 heterocycles. The molecule has 0 bridgehead atoms. The molecule has 6 rings (SSSR count). The zero-order chi connectivity index (χ0) is 52.3. The SMILES string of the molecule is CNCCC1CCN(c2ccncc2)CC1.COc1cc(C)c(S(=O)(=O)N(C)CCC(=O)N(C)CCC2CCN(c3ccncc3)CC2)c(C)c1.COc1cc(C)c(S(=O)(=O)N(C)CCC(=O)O)c(C)c1.Cl. The molecule has 2 aromatic heterocycles. The van der Waals surface area contributed by atoms with E-state index in [1.807, 2.05) is 44.0 Å². The Hall–Kier alpha value is -5.05. The van der Waals surface area contributed by atoms with E-state index in [0.717, 1.165) is 49.1 Å². The minimum Gasteiger partial charge on any atom is -0.497 e. The van der Waals surface area contributed by atoms with E-state index >= 15 is 0 Å². The standard InChI is InChI=1S/C26H38N4O4S.C13H21N3.C13H19NO5S.ClH/c1-20-18-24(34-5)19-21(2)26(20)35(32,33)29(4)15-11-25(31)28(3)14-8-22-9-16-30(17-10-22)23-6-12-27-13-7-23;1-14-7-2-12-5-10-16(11-6-12)13-3-8-15-9-4-13;1-9-7-11(19-4)8-10(2)13(9)20(17,18)14(3)6-5-12(15)16;/h6-7,12-13,18-19,22H,8-11,14-17H2,1-5H3;3-4,8-9,12,14H,2,5-7,10-11H2,1H3;7-8H,5-6H2,1-4H3,(H,15,16);1H. The highest BCUT2D eigenvalue weighted by atomic mass is 35.5. The van der Waals surface area contributed by atoms with Gasteiger partial charge in [0.1, 0.15) is 11.5 Å². The average molecular weight is 1060 g/mol. The van der Waals surface area contributed by atoms with Crippen molar-refractivity contribution in [2.24, 2.45) is 11.8 Å². The smallest absolute Gasteiger partial charge is 0.304 e. The van der Waals surface area contributed by atoms with Crippen LogP contribution in [0, 0.1) is 39.5 Å². The number of rotatable bonds is 20. The molecule has 2 aromatic carbocycles. The van der Waals surface area contributed by atoms with Crippen LogP contribution in [-0.2, 0) is 29.6 Å². The Bertz CT molecular complexity index is 2480. The molecule has 0 atom stereocenters. The fourth-order valence-corrected chi connectivity index (χ4v) is 12.2. The van der Waals surface area contributed by atoms with Crippen LogP contribution in [0.15, 0.2) is 83.1 Å². The van der Waals surface area contributed by atoms with Gasteiger partial charge < -0.3 is 34.6 Å². The number of carboxylic acid groups (broad SMARTS) is 1. The van der Waals surface area contributed by atoms with Gasteiger partial charge in [-0.15, -0.1) is 12.4 Å². The molecule has 2 N–H and O–H groups in total. The number of nitrogens with zero attached hydrogens (tertiary/aromatic N) is 7. The van der Waals surface area contributed by atoms with Gasteiger partial charge in [-0.3, -0.25) is 19.6 Å². The molecular weight excluding hydrogens is 980 g/mol. The van der Waals surface area contributed by atoms with Crippen LogP contribution in [0.3, 0.4) is 0 Å². The van der Waals surface area contributed by atoms with Gasteiger partial charge in [-0.05, 0) is 162 Å². The van der Waals surface area contributed by atoms with Gasteiger partial charge in [-0.1, -0.05) is 0 Å². The van der Waals surface area contributed by atoms with Crippen molar-refractivity contribution < 1.29 is 41.0 Å². The molecule has 20 heteroatoms. The molecule has 2 aliphatic heterocycles. The Morgan fingerprint density at radius 2 is 1.00 bits per heavy atom. The number of carboxylic acids is 1. The summed E-state index contributed by atoms with van der Waals surface area (Å²) >= 11 is 0. The molecule has 72 heavy (non-hydrogen) atoms. The van der Waals surface area contributed by atoms with Crippen LogP contribution in [0.25, 0.3) is 0 Å². The molecule has 0 saturated carbocycles. The maximum absolute atomic E-state index is 13.2. The summed E-state index contributed by atoms with van der Waals surface area (Å²) in [7, 11) is 2.41. The predicted octanol–water partition coefficient (Wildman–Crippen LogP) is 7.22. The number of halogens is 1. The Labute approximate surface area is 435 Å². The van der Waals surface area contributed by atoms with Gasteiger partial charge in [-0.2, -0.15) is 0 Å². The second kappa shape index (κ2) is 29.6. The molecule has 0 aliphatic carbocycles. The highest BCUT2D eigenvalue weighted by Crippen LogP contribution is 2.30. The molecule has 1 amide bonds. The minimum atomic E-state index is -3.71. The van der Waals surface area contributed by atoms with Crippen LogP contribution in [0.2, 0.25) is 0 Å². The van der Waals surface area contributed by atoms with Crippen LogP contribution < -0.4 is 24.6 Å². The van der Waals surface area contributed by atoms with Crippen molar-refractivity contribution in [2.45, 2.75) is 88.9 Å². The lowest BCUT2D eigenvalue weighted by molar-refractivity contribution is -0.137. The number of carbonyl (C=O) groups is 2. The van der Waals surface area contributed by atoms with Crippen LogP contribution in [0.1, 0.15) is 73.6 Å². The number of methoxy groups -OCH3 is 2. The maximum Gasteiger partial charge on any atom is 0.304 e. The normalized spacial score (nSPS) is 14.4. The van der Waals surface area contributed by atoms with Crippen molar-refractivity contribution in [3.63, 3.8) is 0 Å². The highest BCUT2D eigenvalue weighted by Gasteiger charge is 2.28. The molecule has 2 aliphatic rings. The van der Waals surface area contributed by atoms with Gasteiger partial charge in [0.25, 0.3) is 0 Å². The fourth-order valence-electron chi connectivity index (χ4n) is 9.04. The molecule has 2 fully saturated rings. The number of benzene rings is 2. The average Bonchev–Trinajstić information content (AvgIpc) is 3.36. The third-order valence-electron chi connectivity index (χ3n) is 13.3. The van der Waals surface area contributed by atoms with Crippen molar-refractivity contribution in [3.8, 4) is 11.5 Å². The number of carbonyl (C=O) groups excluding carboxylic acids is 1. The van der Waals surface area contributed by atoms with Crippen molar-refractivity contribution in [2.75, 3.05) is 105 Å². The first-order valence-corrected chi connectivity index (χ1v) is 27.2. The van der Waals surface area contributed by atoms with Gasteiger partial charge >= 0.3 is 5.97 Å². The zero-order valence-corrected chi connectivity index (χ0v) is 46.4. The summed E-state index contributed by atoms with van der Waals surface area (Å²) in [6.45, 7) is 13.2. The summed E-state index contributed by atoms with van der Waals surface area (Å²) in [5, 5.41) is 11.9. The molecule has 400 valence electrons. The summed E-state index contributed by atoms with van der Waals surface area (Å²) < 4.78 is 64.0. The van der Waals surface area contributed by atoms with Crippen LogP contribution >= 0.6 is 12.4 Å². The molecule has 2 saturated heterocycles. The summed E-state index contributed by atoms with van der Waals surface area (Å²) in [6.07, 6.45) is 14.5. The van der Waals surface area contributed by atoms with Gasteiger partial charge in [0.05, 0.1) is 30.4 Å². The number of aromatic nitrogens is 2. The van der Waals surface area contributed by atoms with E-state index in [2.05, 4.69) is 37.2 Å². The minimum absolute atomic E-state index is 0. The van der Waals surface area contributed by atoms with E-state index in [1.165, 1.54) is 69.2 Å². The summed E-state index contributed by atoms with van der Waals surface area (Å²) in [4.78, 5) is 38.5. The van der Waals surface area contributed by atoms with Gasteiger partial charge in [0.2, 0.25) is 26.0 Å². The van der Waals surface area contributed by atoms with Crippen molar-refractivity contribution >= 4 is 55.7 Å². The molecule has 17 nitrogen and oxygen atoms in total. The molecular formula is C52H79ClN8O9S2. The second-order valence-electron chi connectivity index (χ2n) is 18.5. The van der Waals surface area contributed by atoms with Crippen LogP contribution in [-0.4, -0.2) is 152 Å². The molecule has 0 unspecified atom stereocenters. The van der Waals surface area contributed by atoms with Gasteiger partial charge in [0.15, 0.2) is 0 Å².